The molecule has 5 heteroatoms. The fourth-order valence-electron chi connectivity index (χ4n) is 1.52. The van der Waals surface area contributed by atoms with Gasteiger partial charge >= 0.3 is 0 Å². The molecule has 1 amide bonds. The highest BCUT2D eigenvalue weighted by molar-refractivity contribution is 7.12. The third kappa shape index (κ3) is 2.46. The second-order valence-electron chi connectivity index (χ2n) is 3.82. The Bertz CT molecular complexity index is 578. The molecule has 1 heterocycles. The molecule has 18 heavy (non-hydrogen) atoms. The highest BCUT2D eigenvalue weighted by Gasteiger charge is 2.11. The first-order chi connectivity index (χ1) is 8.61. The van der Waals surface area contributed by atoms with Crippen LogP contribution >= 0.6 is 11.3 Å². The zero-order chi connectivity index (χ0) is 13.1. The molecule has 0 aliphatic heterocycles. The first kappa shape index (κ1) is 12.4. The number of hydrogen-bond donors (Lipinski definition) is 2. The van der Waals surface area contributed by atoms with Gasteiger partial charge in [0.2, 0.25) is 0 Å². The summed E-state index contributed by atoms with van der Waals surface area (Å²) in [4.78, 5) is 12.6. The SMILES string of the molecule is COc1csc(C(=O)Nc2cccc(N)c2C)c1. The van der Waals surface area contributed by atoms with Crippen molar-refractivity contribution in [2.24, 2.45) is 0 Å². The van der Waals surface area contributed by atoms with Gasteiger partial charge < -0.3 is 15.8 Å². The topological polar surface area (TPSA) is 64.3 Å². The molecule has 0 bridgehead atoms. The van der Waals surface area contributed by atoms with E-state index in [1.165, 1.54) is 11.3 Å². The van der Waals surface area contributed by atoms with Gasteiger partial charge in [0.05, 0.1) is 12.0 Å². The molecule has 0 spiro atoms. The first-order valence-corrected chi connectivity index (χ1v) is 6.28. The maximum absolute atomic E-state index is 12.0. The molecule has 1 aromatic heterocycles. The monoisotopic (exact) mass is 262 g/mol. The number of nitrogen functional groups attached to an aromatic ring is 1. The van der Waals surface area contributed by atoms with E-state index in [0.717, 1.165) is 11.3 Å². The second kappa shape index (κ2) is 5.10. The average molecular weight is 262 g/mol. The number of amides is 1. The normalized spacial score (nSPS) is 10.1. The minimum Gasteiger partial charge on any atom is -0.496 e. The minimum atomic E-state index is -0.156. The smallest absolute Gasteiger partial charge is 0.265 e. The number of ether oxygens (including phenoxy) is 1. The molecule has 0 unspecified atom stereocenters. The predicted octanol–water partition coefficient (Wildman–Crippen LogP) is 2.90. The molecule has 2 aromatic rings. The highest BCUT2D eigenvalue weighted by Crippen LogP contribution is 2.24. The lowest BCUT2D eigenvalue weighted by Gasteiger charge is -2.08. The molecule has 94 valence electrons. The third-order valence-corrected chi connectivity index (χ3v) is 3.57. The maximum atomic E-state index is 12.0. The van der Waals surface area contributed by atoms with Crippen molar-refractivity contribution in [2.45, 2.75) is 6.92 Å². The Balaban J connectivity index is 2.18. The van der Waals surface area contributed by atoms with Crippen molar-refractivity contribution < 1.29 is 9.53 Å². The number of thiophene rings is 1. The number of anilines is 2. The fraction of sp³-hybridized carbons (Fsp3) is 0.154. The first-order valence-electron chi connectivity index (χ1n) is 5.41. The second-order valence-corrected chi connectivity index (χ2v) is 4.74. The van der Waals surface area contributed by atoms with Crippen molar-refractivity contribution in [1.29, 1.82) is 0 Å². The number of rotatable bonds is 3. The molecule has 0 radical (unpaired) electrons. The van der Waals surface area contributed by atoms with Gasteiger partial charge in [-0.1, -0.05) is 6.07 Å². The van der Waals surface area contributed by atoms with Gasteiger partial charge in [0.15, 0.2) is 0 Å². The number of hydrogen-bond acceptors (Lipinski definition) is 4. The van der Waals surface area contributed by atoms with E-state index < -0.39 is 0 Å². The molecule has 4 nitrogen and oxygen atoms in total. The maximum Gasteiger partial charge on any atom is 0.265 e. The predicted molar refractivity (Wildman–Crippen MR) is 74.4 cm³/mol. The van der Waals surface area contributed by atoms with Crippen LogP contribution < -0.4 is 15.8 Å². The van der Waals surface area contributed by atoms with Crippen LogP contribution in [0, 0.1) is 6.92 Å². The van der Waals surface area contributed by atoms with Crippen molar-refractivity contribution in [3.63, 3.8) is 0 Å². The Morgan fingerprint density at radius 1 is 1.44 bits per heavy atom. The molecule has 0 fully saturated rings. The van der Waals surface area contributed by atoms with Gasteiger partial charge in [-0.3, -0.25) is 4.79 Å². The molecule has 0 saturated heterocycles. The van der Waals surface area contributed by atoms with Crippen LogP contribution in [-0.4, -0.2) is 13.0 Å². The minimum absolute atomic E-state index is 0.156. The van der Waals surface area contributed by atoms with E-state index in [-0.39, 0.29) is 5.91 Å². The Morgan fingerprint density at radius 3 is 2.89 bits per heavy atom. The Hall–Kier alpha value is -2.01. The number of benzene rings is 1. The summed E-state index contributed by atoms with van der Waals surface area (Å²) < 4.78 is 5.05. The van der Waals surface area contributed by atoms with Gasteiger partial charge in [0.1, 0.15) is 5.75 Å². The largest absolute Gasteiger partial charge is 0.496 e. The summed E-state index contributed by atoms with van der Waals surface area (Å²) in [6.45, 7) is 1.87. The van der Waals surface area contributed by atoms with Crippen LogP contribution in [0.2, 0.25) is 0 Å². The number of nitrogens with two attached hydrogens (primary N) is 1. The van der Waals surface area contributed by atoms with Crippen LogP contribution in [0.25, 0.3) is 0 Å². The summed E-state index contributed by atoms with van der Waals surface area (Å²) in [5.41, 5.74) is 8.05. The van der Waals surface area contributed by atoms with E-state index in [4.69, 9.17) is 10.5 Å². The van der Waals surface area contributed by atoms with Crippen molar-refractivity contribution in [2.75, 3.05) is 18.2 Å². The molecule has 2 rings (SSSR count). The standard InChI is InChI=1S/C13H14N2O2S/c1-8-10(14)4-3-5-11(8)15-13(16)12-6-9(17-2)7-18-12/h3-7H,14H2,1-2H3,(H,15,16). The molecule has 0 aliphatic rings. The summed E-state index contributed by atoms with van der Waals surface area (Å²) in [7, 11) is 1.58. The van der Waals surface area contributed by atoms with Crippen LogP contribution in [0.3, 0.4) is 0 Å². The van der Waals surface area contributed by atoms with Gasteiger partial charge in [0.25, 0.3) is 5.91 Å². The fourth-order valence-corrected chi connectivity index (χ4v) is 2.27. The lowest BCUT2D eigenvalue weighted by molar-refractivity contribution is 0.103. The van der Waals surface area contributed by atoms with Crippen molar-refractivity contribution in [1.82, 2.24) is 0 Å². The van der Waals surface area contributed by atoms with Crippen LogP contribution in [-0.2, 0) is 0 Å². The number of carbonyl (C=O) groups is 1. The Kier molecular flexibility index (Phi) is 3.53. The molecular weight excluding hydrogens is 248 g/mol. The van der Waals surface area contributed by atoms with E-state index in [1.54, 1.807) is 24.6 Å². The summed E-state index contributed by atoms with van der Waals surface area (Å²) in [5, 5.41) is 4.63. The van der Waals surface area contributed by atoms with Gasteiger partial charge in [-0.05, 0) is 24.6 Å². The van der Waals surface area contributed by atoms with Gasteiger partial charge in [-0.15, -0.1) is 11.3 Å². The molecule has 0 aliphatic carbocycles. The third-order valence-electron chi connectivity index (χ3n) is 2.66. The summed E-state index contributed by atoms with van der Waals surface area (Å²) in [5.74, 6) is 0.534. The van der Waals surface area contributed by atoms with Crippen molar-refractivity contribution in [3.05, 3.63) is 40.1 Å². The number of carbonyl (C=O) groups excluding carboxylic acids is 1. The Morgan fingerprint density at radius 2 is 2.22 bits per heavy atom. The lowest BCUT2D eigenvalue weighted by atomic mass is 10.1. The number of nitrogens with one attached hydrogen (secondary N) is 1. The lowest BCUT2D eigenvalue weighted by Crippen LogP contribution is -2.11. The van der Waals surface area contributed by atoms with Crippen LogP contribution in [0.1, 0.15) is 15.2 Å². The molecular formula is C13H14N2O2S. The van der Waals surface area contributed by atoms with E-state index in [9.17, 15) is 4.79 Å². The molecule has 3 N–H and O–H groups in total. The van der Waals surface area contributed by atoms with Gasteiger partial charge in [-0.2, -0.15) is 0 Å². The van der Waals surface area contributed by atoms with Crippen LogP contribution in [0.4, 0.5) is 11.4 Å². The highest BCUT2D eigenvalue weighted by atomic mass is 32.1. The Labute approximate surface area is 109 Å². The van der Waals surface area contributed by atoms with E-state index in [0.29, 0.717) is 16.3 Å². The zero-order valence-electron chi connectivity index (χ0n) is 10.2. The molecule has 1 aromatic carbocycles. The van der Waals surface area contributed by atoms with Gasteiger partial charge in [0, 0.05) is 22.8 Å². The van der Waals surface area contributed by atoms with Crippen molar-refractivity contribution in [3.8, 4) is 5.75 Å². The number of methoxy groups -OCH3 is 1. The van der Waals surface area contributed by atoms with E-state index in [2.05, 4.69) is 5.32 Å². The van der Waals surface area contributed by atoms with E-state index in [1.807, 2.05) is 19.1 Å². The van der Waals surface area contributed by atoms with Crippen LogP contribution in [0.15, 0.2) is 29.6 Å². The summed E-state index contributed by atoms with van der Waals surface area (Å²) >= 11 is 1.34. The van der Waals surface area contributed by atoms with Gasteiger partial charge in [-0.25, -0.2) is 0 Å². The molecule has 0 atom stereocenters. The summed E-state index contributed by atoms with van der Waals surface area (Å²) in [6, 6.07) is 7.15. The molecule has 0 saturated carbocycles. The summed E-state index contributed by atoms with van der Waals surface area (Å²) in [6.07, 6.45) is 0. The average Bonchev–Trinajstić information content (AvgIpc) is 2.83. The quantitative estimate of drug-likeness (QED) is 0.836. The van der Waals surface area contributed by atoms with Crippen LogP contribution in [0.5, 0.6) is 5.75 Å². The zero-order valence-corrected chi connectivity index (χ0v) is 11.0. The van der Waals surface area contributed by atoms with E-state index >= 15 is 0 Å². The van der Waals surface area contributed by atoms with Crippen molar-refractivity contribution >= 4 is 28.6 Å².